The summed E-state index contributed by atoms with van der Waals surface area (Å²) in [4.78, 5) is 14.8. The number of nitrogens with zero attached hydrogens (tertiary/aromatic N) is 1. The number of ether oxygens (including phenoxy) is 2. The van der Waals surface area contributed by atoms with E-state index >= 15 is 0 Å². The number of aliphatic hydroxyl groups is 1. The summed E-state index contributed by atoms with van der Waals surface area (Å²) in [6.45, 7) is 4.71. The van der Waals surface area contributed by atoms with Gasteiger partial charge in [0.15, 0.2) is 29.6 Å². The summed E-state index contributed by atoms with van der Waals surface area (Å²) in [6, 6.07) is 13.6. The molecule has 2 aliphatic heterocycles. The third kappa shape index (κ3) is 6.19. The van der Waals surface area contributed by atoms with Gasteiger partial charge in [0.1, 0.15) is 5.56 Å². The van der Waals surface area contributed by atoms with Crippen LogP contribution >= 0.6 is 0 Å². The van der Waals surface area contributed by atoms with E-state index in [9.17, 15) is 31.9 Å². The number of carbonyl (C=O) groups excluding carboxylic acids is 1. The van der Waals surface area contributed by atoms with Gasteiger partial charge in [-0.3, -0.25) is 4.79 Å². The van der Waals surface area contributed by atoms with E-state index in [1.807, 2.05) is 24.3 Å². The lowest BCUT2D eigenvalue weighted by molar-refractivity contribution is -0.276. The minimum Gasteiger partial charge on any atom is -0.392 e. The van der Waals surface area contributed by atoms with Crippen molar-refractivity contribution < 1.29 is 41.3 Å². The minimum absolute atomic E-state index is 0.00278. The summed E-state index contributed by atoms with van der Waals surface area (Å²) in [5.74, 6) is -12.6. The average molecular weight is 591 g/mol. The zero-order valence-corrected chi connectivity index (χ0v) is 22.9. The van der Waals surface area contributed by atoms with Crippen LogP contribution in [0.25, 0.3) is 0 Å². The molecule has 2 N–H and O–H groups in total. The lowest BCUT2D eigenvalue weighted by Gasteiger charge is -2.43. The molecule has 6 nitrogen and oxygen atoms in total. The van der Waals surface area contributed by atoms with Crippen LogP contribution in [0.15, 0.2) is 48.5 Å². The molecular weight excluding hydrogens is 559 g/mol. The molecule has 0 spiro atoms. The number of piperidine rings is 1. The molecule has 4 atom stereocenters. The topological polar surface area (TPSA) is 71.0 Å². The Labute approximate surface area is 240 Å². The summed E-state index contributed by atoms with van der Waals surface area (Å²) < 4.78 is 81.5. The van der Waals surface area contributed by atoms with Gasteiger partial charge in [0, 0.05) is 23.7 Å². The second-order valence-electron chi connectivity index (χ2n) is 10.7. The summed E-state index contributed by atoms with van der Waals surface area (Å²) in [6.07, 6.45) is 2.20. The lowest BCUT2D eigenvalue weighted by atomic mass is 9.89. The van der Waals surface area contributed by atoms with E-state index in [0.29, 0.717) is 5.56 Å². The van der Waals surface area contributed by atoms with E-state index in [4.69, 9.17) is 9.47 Å². The van der Waals surface area contributed by atoms with Gasteiger partial charge in [0.2, 0.25) is 5.82 Å². The standard InChI is InChI=1S/C31H31F5N2O4/c1-17-22(15-38-13-3-2-4-14-38)41-31(42-29(17)19-7-5-18(16-39)6-8-19)20-9-11-21(12-10-20)37-30(40)23-24(32)26(34)28(36)27(35)25(23)33/h5-12,17,22,29,31,39H,2-4,13-16H2,1H3,(H,37,40)/t17-,22+,29+,31+/m0/s1. The first kappa shape index (κ1) is 30.1. The molecule has 0 bridgehead atoms. The second kappa shape index (κ2) is 12.9. The number of rotatable bonds is 7. The van der Waals surface area contributed by atoms with Crippen LogP contribution in [-0.2, 0) is 16.1 Å². The number of anilines is 1. The predicted molar refractivity (Wildman–Crippen MR) is 144 cm³/mol. The quantitative estimate of drug-likeness (QED) is 0.189. The van der Waals surface area contributed by atoms with Crippen LogP contribution in [0.5, 0.6) is 0 Å². The highest BCUT2D eigenvalue weighted by atomic mass is 19.2. The Morgan fingerprint density at radius 3 is 2.00 bits per heavy atom. The first-order valence-corrected chi connectivity index (χ1v) is 13.8. The van der Waals surface area contributed by atoms with Crippen LogP contribution in [0.3, 0.4) is 0 Å². The summed E-state index contributed by atoms with van der Waals surface area (Å²) >= 11 is 0. The fourth-order valence-electron chi connectivity index (χ4n) is 5.45. The Morgan fingerprint density at radius 1 is 0.833 bits per heavy atom. The number of halogens is 5. The SMILES string of the molecule is C[C@H]1[C@@H](CN2CCCCC2)O[C@@H](c2ccc(NC(=O)c3c(F)c(F)c(F)c(F)c3F)cc2)O[C@H]1c1ccc(CO)cc1. The molecule has 224 valence electrons. The summed E-state index contributed by atoms with van der Waals surface area (Å²) in [5.41, 5.74) is 0.820. The van der Waals surface area contributed by atoms with Crippen molar-refractivity contribution in [3.63, 3.8) is 0 Å². The molecule has 2 aliphatic rings. The largest absolute Gasteiger partial charge is 0.392 e. The first-order valence-electron chi connectivity index (χ1n) is 13.8. The molecule has 11 heteroatoms. The van der Waals surface area contributed by atoms with Crippen LogP contribution in [0.2, 0.25) is 0 Å². The van der Waals surface area contributed by atoms with E-state index in [-0.39, 0.29) is 30.4 Å². The number of aliphatic hydroxyl groups excluding tert-OH is 1. The smallest absolute Gasteiger partial charge is 0.261 e. The van der Waals surface area contributed by atoms with Crippen molar-refractivity contribution in [1.82, 2.24) is 4.90 Å². The van der Waals surface area contributed by atoms with Crippen molar-refractivity contribution in [1.29, 1.82) is 0 Å². The molecule has 0 radical (unpaired) electrons. The van der Waals surface area contributed by atoms with E-state index in [1.165, 1.54) is 18.6 Å². The third-order valence-corrected chi connectivity index (χ3v) is 7.89. The minimum atomic E-state index is -2.34. The highest BCUT2D eigenvalue weighted by Crippen LogP contribution is 2.42. The van der Waals surface area contributed by atoms with Crippen LogP contribution in [0, 0.1) is 35.0 Å². The molecule has 2 heterocycles. The van der Waals surface area contributed by atoms with E-state index in [0.717, 1.165) is 43.6 Å². The van der Waals surface area contributed by atoms with Gasteiger partial charge in [0.25, 0.3) is 5.91 Å². The van der Waals surface area contributed by atoms with Gasteiger partial charge in [-0.2, -0.15) is 0 Å². The van der Waals surface area contributed by atoms with E-state index in [2.05, 4.69) is 17.1 Å². The maximum absolute atomic E-state index is 14.1. The van der Waals surface area contributed by atoms with Gasteiger partial charge in [0.05, 0.1) is 18.8 Å². The molecule has 3 aromatic rings. The number of carbonyl (C=O) groups is 1. The zero-order valence-electron chi connectivity index (χ0n) is 22.9. The molecule has 2 saturated heterocycles. The number of benzene rings is 3. The van der Waals surface area contributed by atoms with Gasteiger partial charge in [-0.05, 0) is 49.2 Å². The highest BCUT2D eigenvalue weighted by Gasteiger charge is 2.39. The fraction of sp³-hybridized carbons (Fsp3) is 0.387. The molecule has 1 amide bonds. The molecule has 42 heavy (non-hydrogen) atoms. The molecule has 0 aliphatic carbocycles. The Bertz CT molecular complexity index is 1390. The normalized spacial score (nSPS) is 23.1. The Balaban J connectivity index is 1.36. The van der Waals surface area contributed by atoms with Crippen LogP contribution in [0.1, 0.15) is 65.6 Å². The third-order valence-electron chi connectivity index (χ3n) is 7.89. The van der Waals surface area contributed by atoms with Crippen LogP contribution < -0.4 is 5.32 Å². The maximum Gasteiger partial charge on any atom is 0.261 e. The van der Waals surface area contributed by atoms with Gasteiger partial charge >= 0.3 is 0 Å². The maximum atomic E-state index is 14.1. The van der Waals surface area contributed by atoms with Crippen molar-refractivity contribution in [3.05, 3.63) is 99.9 Å². The molecule has 5 rings (SSSR count). The van der Waals surface area contributed by atoms with Crippen molar-refractivity contribution in [3.8, 4) is 0 Å². The Kier molecular flexibility index (Phi) is 9.22. The van der Waals surface area contributed by atoms with Gasteiger partial charge < -0.3 is 24.8 Å². The molecule has 0 saturated carbocycles. The second-order valence-corrected chi connectivity index (χ2v) is 10.7. The van der Waals surface area contributed by atoms with Gasteiger partial charge in [-0.15, -0.1) is 0 Å². The van der Waals surface area contributed by atoms with Crippen LogP contribution in [-0.4, -0.2) is 41.7 Å². The van der Waals surface area contributed by atoms with Crippen molar-refractivity contribution in [2.75, 3.05) is 25.0 Å². The fourth-order valence-corrected chi connectivity index (χ4v) is 5.45. The molecule has 0 unspecified atom stereocenters. The molecule has 3 aromatic carbocycles. The number of hydrogen-bond acceptors (Lipinski definition) is 5. The predicted octanol–water partition coefficient (Wildman–Crippen LogP) is 6.40. The van der Waals surface area contributed by atoms with Crippen molar-refractivity contribution in [2.45, 2.75) is 51.3 Å². The van der Waals surface area contributed by atoms with Crippen molar-refractivity contribution >= 4 is 11.6 Å². The molecule has 2 fully saturated rings. The lowest BCUT2D eigenvalue weighted by Crippen LogP contribution is -2.45. The van der Waals surface area contributed by atoms with Crippen molar-refractivity contribution in [2.24, 2.45) is 5.92 Å². The monoisotopic (exact) mass is 590 g/mol. The van der Waals surface area contributed by atoms with E-state index < -0.39 is 46.8 Å². The van der Waals surface area contributed by atoms with Gasteiger partial charge in [-0.1, -0.05) is 49.7 Å². The summed E-state index contributed by atoms with van der Waals surface area (Å²) in [5, 5.41) is 11.6. The molecule has 0 aromatic heterocycles. The number of likely N-dealkylation sites (tertiary alicyclic amines) is 1. The summed E-state index contributed by atoms with van der Waals surface area (Å²) in [7, 11) is 0. The zero-order chi connectivity index (χ0) is 30.0. The molecular formula is C31H31F5N2O4. The first-order chi connectivity index (χ1) is 20.2. The van der Waals surface area contributed by atoms with E-state index in [1.54, 1.807) is 12.1 Å². The number of hydrogen-bond donors (Lipinski definition) is 2. The highest BCUT2D eigenvalue weighted by molar-refractivity contribution is 6.04. The van der Waals surface area contributed by atoms with Crippen LogP contribution in [0.4, 0.5) is 27.6 Å². The van der Waals surface area contributed by atoms with Gasteiger partial charge in [-0.25, -0.2) is 22.0 Å². The number of nitrogens with one attached hydrogen (secondary N) is 1. The Hall–Kier alpha value is -3.38. The average Bonchev–Trinajstić information content (AvgIpc) is 3.01. The number of amides is 1. The Morgan fingerprint density at radius 2 is 1.40 bits per heavy atom.